The lowest BCUT2D eigenvalue weighted by Crippen LogP contribution is -2.08. The van der Waals surface area contributed by atoms with Crippen molar-refractivity contribution in [3.63, 3.8) is 0 Å². The predicted molar refractivity (Wildman–Crippen MR) is 116 cm³/mol. The van der Waals surface area contributed by atoms with Gasteiger partial charge in [-0.2, -0.15) is 0 Å². The lowest BCUT2D eigenvalue weighted by atomic mass is 9.95. The van der Waals surface area contributed by atoms with Crippen molar-refractivity contribution < 1.29 is 0 Å². The van der Waals surface area contributed by atoms with Gasteiger partial charge in [-0.3, -0.25) is 4.98 Å². The SMILES string of the molecule is CCc1nc2c(C(CC)CC)cn(C)c2nc1-c1ccc(C(C)C)nc1CN. The van der Waals surface area contributed by atoms with E-state index < -0.39 is 0 Å². The quantitative estimate of drug-likeness (QED) is 0.621. The summed E-state index contributed by atoms with van der Waals surface area (Å²) < 4.78 is 2.11. The van der Waals surface area contributed by atoms with Gasteiger partial charge in [0.1, 0.15) is 5.52 Å². The molecule has 28 heavy (non-hydrogen) atoms. The molecule has 0 unspecified atom stereocenters. The number of hydrogen-bond donors (Lipinski definition) is 1. The molecule has 3 heterocycles. The van der Waals surface area contributed by atoms with Crippen molar-refractivity contribution in [2.24, 2.45) is 12.8 Å². The van der Waals surface area contributed by atoms with E-state index in [2.05, 4.69) is 64.6 Å². The van der Waals surface area contributed by atoms with E-state index in [0.717, 1.165) is 58.8 Å². The normalized spacial score (nSPS) is 11.9. The fourth-order valence-corrected chi connectivity index (χ4v) is 3.93. The van der Waals surface area contributed by atoms with E-state index in [1.54, 1.807) is 0 Å². The number of fused-ring (bicyclic) bond motifs is 1. The second-order valence-corrected chi connectivity index (χ2v) is 7.84. The van der Waals surface area contributed by atoms with Crippen LogP contribution in [0.4, 0.5) is 0 Å². The van der Waals surface area contributed by atoms with E-state index in [1.807, 2.05) is 0 Å². The van der Waals surface area contributed by atoms with Gasteiger partial charge in [0.25, 0.3) is 0 Å². The number of aryl methyl sites for hydroxylation is 2. The van der Waals surface area contributed by atoms with Crippen LogP contribution < -0.4 is 5.73 Å². The van der Waals surface area contributed by atoms with Crippen molar-refractivity contribution in [3.8, 4) is 11.3 Å². The Morgan fingerprint density at radius 1 is 1.00 bits per heavy atom. The minimum absolute atomic E-state index is 0.369. The Kier molecular flexibility index (Phi) is 6.14. The minimum atomic E-state index is 0.369. The van der Waals surface area contributed by atoms with Crippen molar-refractivity contribution in [1.82, 2.24) is 19.5 Å². The fourth-order valence-electron chi connectivity index (χ4n) is 3.93. The summed E-state index contributed by atoms with van der Waals surface area (Å²) in [5, 5.41) is 0. The Labute approximate surface area is 168 Å². The number of aromatic nitrogens is 4. The number of hydrogen-bond acceptors (Lipinski definition) is 4. The third-order valence-electron chi connectivity index (χ3n) is 5.69. The predicted octanol–water partition coefficient (Wildman–Crippen LogP) is 5.08. The van der Waals surface area contributed by atoms with E-state index in [9.17, 15) is 0 Å². The largest absolute Gasteiger partial charge is 0.334 e. The van der Waals surface area contributed by atoms with Crippen LogP contribution in [0.2, 0.25) is 0 Å². The zero-order valence-corrected chi connectivity index (χ0v) is 18.1. The molecule has 0 aliphatic heterocycles. The van der Waals surface area contributed by atoms with Crippen LogP contribution in [0.15, 0.2) is 18.3 Å². The van der Waals surface area contributed by atoms with Gasteiger partial charge >= 0.3 is 0 Å². The maximum atomic E-state index is 6.06. The van der Waals surface area contributed by atoms with Crippen molar-refractivity contribution in [3.05, 3.63) is 41.0 Å². The molecule has 0 bridgehead atoms. The van der Waals surface area contributed by atoms with Crippen LogP contribution in [0.25, 0.3) is 22.4 Å². The molecule has 0 spiro atoms. The van der Waals surface area contributed by atoms with Crippen LogP contribution >= 0.6 is 0 Å². The highest BCUT2D eigenvalue weighted by Gasteiger charge is 2.21. The first-order valence-corrected chi connectivity index (χ1v) is 10.5. The summed E-state index contributed by atoms with van der Waals surface area (Å²) in [6.45, 7) is 11.3. The number of nitrogens with two attached hydrogens (primary N) is 1. The molecule has 2 N–H and O–H groups in total. The van der Waals surface area contributed by atoms with E-state index in [1.165, 1.54) is 5.56 Å². The zero-order valence-electron chi connectivity index (χ0n) is 18.1. The van der Waals surface area contributed by atoms with Gasteiger partial charge in [0.15, 0.2) is 5.65 Å². The molecule has 3 aromatic heterocycles. The smallest absolute Gasteiger partial charge is 0.159 e. The number of pyridine rings is 1. The van der Waals surface area contributed by atoms with E-state index in [-0.39, 0.29) is 0 Å². The third-order valence-corrected chi connectivity index (χ3v) is 5.69. The van der Waals surface area contributed by atoms with Crippen LogP contribution in [-0.2, 0) is 20.0 Å². The highest BCUT2D eigenvalue weighted by atomic mass is 15.0. The van der Waals surface area contributed by atoms with Crippen LogP contribution in [0.3, 0.4) is 0 Å². The molecule has 3 rings (SSSR count). The second-order valence-electron chi connectivity index (χ2n) is 7.84. The van der Waals surface area contributed by atoms with Crippen LogP contribution in [-0.4, -0.2) is 19.5 Å². The summed E-state index contributed by atoms with van der Waals surface area (Å²) >= 11 is 0. The summed E-state index contributed by atoms with van der Waals surface area (Å²) in [6, 6.07) is 4.20. The highest BCUT2D eigenvalue weighted by molar-refractivity contribution is 5.80. The summed E-state index contributed by atoms with van der Waals surface area (Å²) in [4.78, 5) is 15.0. The van der Waals surface area contributed by atoms with Crippen LogP contribution in [0.1, 0.15) is 81.9 Å². The lowest BCUT2D eigenvalue weighted by molar-refractivity contribution is 0.643. The third kappa shape index (κ3) is 3.55. The van der Waals surface area contributed by atoms with Gasteiger partial charge in [0.2, 0.25) is 0 Å². The fraction of sp³-hybridized carbons (Fsp3) is 0.522. The summed E-state index contributed by atoms with van der Waals surface area (Å²) in [5.74, 6) is 0.883. The number of rotatable bonds is 7. The topological polar surface area (TPSA) is 69.6 Å². The van der Waals surface area contributed by atoms with Crippen molar-refractivity contribution in [2.75, 3.05) is 0 Å². The van der Waals surface area contributed by atoms with E-state index in [4.69, 9.17) is 20.7 Å². The van der Waals surface area contributed by atoms with Crippen molar-refractivity contribution >= 4 is 11.2 Å². The van der Waals surface area contributed by atoms with Crippen molar-refractivity contribution in [1.29, 1.82) is 0 Å². The summed E-state index contributed by atoms with van der Waals surface area (Å²) in [7, 11) is 2.06. The standard InChI is InChI=1S/C23H33N5/c1-7-15(8-2)17-13-28(6)23-22(17)26-18(9-3)21(27-23)16-10-11-19(14(4)5)25-20(16)12-24/h10-11,13-15H,7-9,12,24H2,1-6H3. The summed E-state index contributed by atoms with van der Waals surface area (Å²) in [6.07, 6.45) is 5.25. The molecule has 150 valence electrons. The molecule has 0 saturated carbocycles. The highest BCUT2D eigenvalue weighted by Crippen LogP contribution is 2.33. The molecule has 0 aliphatic rings. The summed E-state index contributed by atoms with van der Waals surface area (Å²) in [5.41, 5.74) is 14.2. The second kappa shape index (κ2) is 8.39. The lowest BCUT2D eigenvalue weighted by Gasteiger charge is -2.14. The van der Waals surface area contributed by atoms with Gasteiger partial charge in [-0.1, -0.05) is 34.6 Å². The number of nitrogens with zero attached hydrogens (tertiary/aromatic N) is 4. The molecule has 0 amide bonds. The van der Waals surface area contributed by atoms with E-state index >= 15 is 0 Å². The van der Waals surface area contributed by atoms with Gasteiger partial charge in [-0.05, 0) is 43.2 Å². The molecule has 0 saturated heterocycles. The van der Waals surface area contributed by atoms with Gasteiger partial charge in [0, 0.05) is 36.6 Å². The Morgan fingerprint density at radius 3 is 2.29 bits per heavy atom. The molecule has 0 fully saturated rings. The Balaban J connectivity index is 2.24. The molecule has 5 heteroatoms. The first kappa shape index (κ1) is 20.5. The molecule has 3 aromatic rings. The molecular weight excluding hydrogens is 346 g/mol. The maximum Gasteiger partial charge on any atom is 0.159 e. The minimum Gasteiger partial charge on any atom is -0.334 e. The monoisotopic (exact) mass is 379 g/mol. The van der Waals surface area contributed by atoms with Gasteiger partial charge in [0.05, 0.1) is 17.1 Å². The Hall–Kier alpha value is -2.27. The average molecular weight is 380 g/mol. The molecular formula is C23H33N5. The Morgan fingerprint density at radius 2 is 1.71 bits per heavy atom. The molecule has 5 nitrogen and oxygen atoms in total. The molecule has 0 aliphatic carbocycles. The van der Waals surface area contributed by atoms with Crippen LogP contribution in [0.5, 0.6) is 0 Å². The average Bonchev–Trinajstić information content (AvgIpc) is 3.03. The van der Waals surface area contributed by atoms with E-state index in [0.29, 0.717) is 18.4 Å². The van der Waals surface area contributed by atoms with Gasteiger partial charge < -0.3 is 10.3 Å². The van der Waals surface area contributed by atoms with Crippen LogP contribution in [0, 0.1) is 0 Å². The molecule has 0 atom stereocenters. The molecule has 0 aromatic carbocycles. The Bertz CT molecular complexity index is 967. The molecule has 0 radical (unpaired) electrons. The zero-order chi connectivity index (χ0) is 20.4. The van der Waals surface area contributed by atoms with Crippen molar-refractivity contribution in [2.45, 2.75) is 72.3 Å². The first-order valence-electron chi connectivity index (χ1n) is 10.5. The first-order chi connectivity index (χ1) is 13.4. The van der Waals surface area contributed by atoms with Gasteiger partial charge in [-0.25, -0.2) is 9.97 Å². The van der Waals surface area contributed by atoms with Gasteiger partial charge in [-0.15, -0.1) is 0 Å². The maximum absolute atomic E-state index is 6.06.